The van der Waals surface area contributed by atoms with Gasteiger partial charge in [0.25, 0.3) is 0 Å². The van der Waals surface area contributed by atoms with E-state index in [1.54, 1.807) is 0 Å². The molecule has 1 unspecified atom stereocenters. The zero-order valence-electron chi connectivity index (χ0n) is 11.4. The Balaban J connectivity index is 1.52. The number of benzene rings is 2. The molecule has 0 aromatic heterocycles. The predicted octanol–water partition coefficient (Wildman–Crippen LogP) is 3.20. The second kappa shape index (κ2) is 4.57. The molecule has 2 aromatic rings. The van der Waals surface area contributed by atoms with Crippen LogP contribution in [0.15, 0.2) is 42.5 Å². The maximum Gasteiger partial charge on any atom is 0.163 e. The van der Waals surface area contributed by atoms with E-state index in [-0.39, 0.29) is 5.78 Å². The van der Waals surface area contributed by atoms with Crippen LogP contribution in [0.4, 0.5) is 0 Å². The molecule has 100 valence electrons. The van der Waals surface area contributed by atoms with Crippen LogP contribution in [0.3, 0.4) is 0 Å². The fourth-order valence-corrected chi connectivity index (χ4v) is 3.35. The number of carbonyl (C=O) groups is 1. The van der Waals surface area contributed by atoms with Crippen LogP contribution in [-0.2, 0) is 19.5 Å². The Morgan fingerprint density at radius 3 is 2.80 bits per heavy atom. The van der Waals surface area contributed by atoms with Crippen molar-refractivity contribution < 1.29 is 4.79 Å². The van der Waals surface area contributed by atoms with Gasteiger partial charge in [-0.3, -0.25) is 4.79 Å². The summed E-state index contributed by atoms with van der Waals surface area (Å²) >= 11 is 0. The summed E-state index contributed by atoms with van der Waals surface area (Å²) in [5.41, 5.74) is 6.25. The lowest BCUT2D eigenvalue weighted by Gasteiger charge is -2.29. The molecule has 1 aliphatic heterocycles. The molecule has 0 fully saturated rings. The minimum Gasteiger partial charge on any atom is -0.309 e. The molecular weight excluding hydrogens is 246 g/mol. The van der Waals surface area contributed by atoms with Crippen molar-refractivity contribution in [3.63, 3.8) is 0 Å². The molecule has 20 heavy (non-hydrogen) atoms. The van der Waals surface area contributed by atoms with Gasteiger partial charge in [0, 0.05) is 25.1 Å². The van der Waals surface area contributed by atoms with Gasteiger partial charge in [-0.1, -0.05) is 36.4 Å². The van der Waals surface area contributed by atoms with Gasteiger partial charge < -0.3 is 5.32 Å². The molecule has 1 N–H and O–H groups in total. The number of nitrogens with one attached hydrogen (secondary N) is 1. The van der Waals surface area contributed by atoms with Crippen LogP contribution < -0.4 is 5.32 Å². The number of ketones is 1. The van der Waals surface area contributed by atoms with Gasteiger partial charge in [-0.05, 0) is 40.7 Å². The number of carbonyl (C=O) groups excluding carboxylic acids is 1. The molecule has 0 radical (unpaired) electrons. The Labute approximate surface area is 118 Å². The van der Waals surface area contributed by atoms with Crippen molar-refractivity contribution in [2.45, 2.75) is 31.8 Å². The van der Waals surface area contributed by atoms with Gasteiger partial charge in [-0.25, -0.2) is 0 Å². The van der Waals surface area contributed by atoms with Gasteiger partial charge in [-0.2, -0.15) is 0 Å². The highest BCUT2D eigenvalue weighted by atomic mass is 16.1. The van der Waals surface area contributed by atoms with Crippen molar-refractivity contribution in [3.05, 3.63) is 70.3 Å². The molecule has 0 spiro atoms. The first-order chi connectivity index (χ1) is 9.81. The van der Waals surface area contributed by atoms with E-state index < -0.39 is 0 Å². The SMILES string of the molecule is O=C(CC1Cc2ccccc21)c1ccc2c(c1)CNC2. The average Bonchev–Trinajstić information content (AvgIpc) is 2.92. The van der Waals surface area contributed by atoms with E-state index in [1.807, 2.05) is 6.07 Å². The third-order valence-electron chi connectivity index (χ3n) is 4.55. The van der Waals surface area contributed by atoms with E-state index in [0.29, 0.717) is 12.3 Å². The molecule has 2 aliphatic rings. The third kappa shape index (κ3) is 1.88. The zero-order chi connectivity index (χ0) is 13.5. The topological polar surface area (TPSA) is 29.1 Å². The standard InChI is InChI=1S/C18H17NO/c20-18(9-15-7-12-3-1-2-4-17(12)15)13-5-6-14-10-19-11-16(14)8-13/h1-6,8,15,19H,7,9-11H2. The monoisotopic (exact) mass is 263 g/mol. The van der Waals surface area contributed by atoms with Crippen molar-refractivity contribution >= 4 is 5.78 Å². The second-order valence-corrected chi connectivity index (χ2v) is 5.81. The minimum atomic E-state index is 0.277. The molecule has 0 saturated carbocycles. The number of Topliss-reactive ketones (excluding diaryl/α,β-unsaturated/α-hetero) is 1. The van der Waals surface area contributed by atoms with Gasteiger partial charge in [-0.15, -0.1) is 0 Å². The predicted molar refractivity (Wildman–Crippen MR) is 78.8 cm³/mol. The average molecular weight is 263 g/mol. The quantitative estimate of drug-likeness (QED) is 0.862. The largest absolute Gasteiger partial charge is 0.309 e. The summed E-state index contributed by atoms with van der Waals surface area (Å²) in [6.07, 6.45) is 1.69. The van der Waals surface area contributed by atoms with Crippen LogP contribution in [0, 0.1) is 0 Å². The lowest BCUT2D eigenvalue weighted by molar-refractivity contribution is 0.0970. The van der Waals surface area contributed by atoms with E-state index in [9.17, 15) is 4.79 Å². The number of fused-ring (bicyclic) bond motifs is 2. The highest BCUT2D eigenvalue weighted by Crippen LogP contribution is 2.38. The van der Waals surface area contributed by atoms with E-state index in [4.69, 9.17) is 0 Å². The Morgan fingerprint density at radius 2 is 1.90 bits per heavy atom. The Hall–Kier alpha value is -1.93. The summed E-state index contributed by atoms with van der Waals surface area (Å²) in [5, 5.41) is 3.32. The molecular formula is C18H17NO. The van der Waals surface area contributed by atoms with E-state index >= 15 is 0 Å². The fraction of sp³-hybridized carbons (Fsp3) is 0.278. The Morgan fingerprint density at radius 1 is 1.05 bits per heavy atom. The van der Waals surface area contributed by atoms with Crippen LogP contribution in [0.2, 0.25) is 0 Å². The summed E-state index contributed by atoms with van der Waals surface area (Å²) in [6, 6.07) is 14.6. The van der Waals surface area contributed by atoms with Crippen LogP contribution in [-0.4, -0.2) is 5.78 Å². The van der Waals surface area contributed by atoms with Crippen molar-refractivity contribution in [3.8, 4) is 0 Å². The number of hydrogen-bond donors (Lipinski definition) is 1. The third-order valence-corrected chi connectivity index (χ3v) is 4.55. The maximum absolute atomic E-state index is 12.4. The van der Waals surface area contributed by atoms with E-state index in [0.717, 1.165) is 25.1 Å². The first kappa shape index (κ1) is 11.9. The van der Waals surface area contributed by atoms with Gasteiger partial charge >= 0.3 is 0 Å². The Bertz CT molecular complexity index is 690. The van der Waals surface area contributed by atoms with E-state index in [1.165, 1.54) is 22.3 Å². The summed E-state index contributed by atoms with van der Waals surface area (Å²) in [5.74, 6) is 0.698. The second-order valence-electron chi connectivity index (χ2n) is 5.81. The molecule has 1 heterocycles. The zero-order valence-corrected chi connectivity index (χ0v) is 11.4. The molecule has 4 rings (SSSR count). The molecule has 2 nitrogen and oxygen atoms in total. The molecule has 1 aliphatic carbocycles. The number of hydrogen-bond acceptors (Lipinski definition) is 2. The van der Waals surface area contributed by atoms with Gasteiger partial charge in [0.1, 0.15) is 0 Å². The first-order valence-electron chi connectivity index (χ1n) is 7.25. The van der Waals surface area contributed by atoms with Crippen LogP contribution in [0.1, 0.15) is 45.0 Å². The van der Waals surface area contributed by atoms with Crippen molar-refractivity contribution in [1.29, 1.82) is 0 Å². The molecule has 0 amide bonds. The van der Waals surface area contributed by atoms with Crippen LogP contribution in [0.5, 0.6) is 0 Å². The van der Waals surface area contributed by atoms with Crippen molar-refractivity contribution in [1.82, 2.24) is 5.32 Å². The highest BCUT2D eigenvalue weighted by Gasteiger charge is 2.28. The summed E-state index contributed by atoms with van der Waals surface area (Å²) < 4.78 is 0. The summed E-state index contributed by atoms with van der Waals surface area (Å²) in [4.78, 5) is 12.4. The van der Waals surface area contributed by atoms with E-state index in [2.05, 4.69) is 41.7 Å². The highest BCUT2D eigenvalue weighted by molar-refractivity contribution is 5.97. The molecule has 0 saturated heterocycles. The lowest BCUT2D eigenvalue weighted by Crippen LogP contribution is -2.20. The molecule has 2 aromatic carbocycles. The molecule has 1 atom stereocenters. The normalized spacial score (nSPS) is 19.1. The van der Waals surface area contributed by atoms with Crippen molar-refractivity contribution in [2.75, 3.05) is 0 Å². The molecule has 2 heteroatoms. The van der Waals surface area contributed by atoms with Gasteiger partial charge in [0.2, 0.25) is 0 Å². The summed E-state index contributed by atoms with van der Waals surface area (Å²) in [6.45, 7) is 1.82. The van der Waals surface area contributed by atoms with Crippen LogP contribution in [0.25, 0.3) is 0 Å². The fourth-order valence-electron chi connectivity index (χ4n) is 3.35. The lowest BCUT2D eigenvalue weighted by atomic mass is 9.74. The van der Waals surface area contributed by atoms with Crippen LogP contribution >= 0.6 is 0 Å². The van der Waals surface area contributed by atoms with Gasteiger partial charge in [0.15, 0.2) is 5.78 Å². The smallest absolute Gasteiger partial charge is 0.163 e. The maximum atomic E-state index is 12.4. The first-order valence-corrected chi connectivity index (χ1v) is 7.25. The number of rotatable bonds is 3. The Kier molecular flexibility index (Phi) is 2.71. The van der Waals surface area contributed by atoms with Crippen molar-refractivity contribution in [2.24, 2.45) is 0 Å². The van der Waals surface area contributed by atoms with Gasteiger partial charge in [0.05, 0.1) is 0 Å². The summed E-state index contributed by atoms with van der Waals surface area (Å²) in [7, 11) is 0. The molecule has 0 bridgehead atoms. The minimum absolute atomic E-state index is 0.277.